The Kier molecular flexibility index (Phi) is 5.62. The summed E-state index contributed by atoms with van der Waals surface area (Å²) in [5, 5.41) is 9.36. The predicted molar refractivity (Wildman–Crippen MR) is 65.1 cm³/mol. The zero-order chi connectivity index (χ0) is 12.7. The number of aromatic amines is 1. The molecule has 1 rings (SSSR count). The first-order chi connectivity index (χ1) is 8.13. The molecule has 96 valence electrons. The minimum Gasteiger partial charge on any atom is -0.355 e. The lowest BCUT2D eigenvalue weighted by molar-refractivity contribution is -0.125. The van der Waals surface area contributed by atoms with Crippen LogP contribution in [0, 0.1) is 11.8 Å². The molecule has 0 aliphatic heterocycles. The van der Waals surface area contributed by atoms with Crippen molar-refractivity contribution < 1.29 is 4.79 Å². The molecule has 0 bridgehead atoms. The molecule has 1 unspecified atom stereocenters. The zero-order valence-corrected chi connectivity index (χ0v) is 10.4. The van der Waals surface area contributed by atoms with E-state index in [4.69, 9.17) is 5.73 Å². The number of hydrogen-bond donors (Lipinski definition) is 3. The number of nitrogens with two attached hydrogens (primary N) is 1. The zero-order valence-electron chi connectivity index (χ0n) is 10.4. The fourth-order valence-corrected chi connectivity index (χ4v) is 1.68. The van der Waals surface area contributed by atoms with E-state index in [1.165, 1.54) is 6.33 Å². The van der Waals surface area contributed by atoms with Crippen molar-refractivity contribution in [1.82, 2.24) is 20.5 Å². The van der Waals surface area contributed by atoms with Crippen LogP contribution in [0.3, 0.4) is 0 Å². The molecule has 0 radical (unpaired) electrons. The summed E-state index contributed by atoms with van der Waals surface area (Å²) in [6.45, 7) is 5.13. The molecule has 1 atom stereocenters. The summed E-state index contributed by atoms with van der Waals surface area (Å²) < 4.78 is 0. The van der Waals surface area contributed by atoms with Gasteiger partial charge in [-0.25, -0.2) is 4.98 Å². The molecule has 1 amide bonds. The molecular formula is C11H21N5O. The number of hydrogen-bond acceptors (Lipinski definition) is 4. The van der Waals surface area contributed by atoms with E-state index in [9.17, 15) is 4.79 Å². The molecule has 0 fully saturated rings. The number of nitrogens with one attached hydrogen (secondary N) is 2. The first kappa shape index (κ1) is 13.6. The lowest BCUT2D eigenvalue weighted by atomic mass is 9.96. The van der Waals surface area contributed by atoms with Crippen LogP contribution in [0.4, 0.5) is 0 Å². The molecule has 1 heterocycles. The summed E-state index contributed by atoms with van der Waals surface area (Å²) >= 11 is 0. The molecule has 6 heteroatoms. The Labute approximate surface area is 101 Å². The number of nitrogens with zero attached hydrogens (tertiary/aromatic N) is 2. The van der Waals surface area contributed by atoms with Gasteiger partial charge in [-0.15, -0.1) is 0 Å². The van der Waals surface area contributed by atoms with Crippen LogP contribution in [0.25, 0.3) is 0 Å². The largest absolute Gasteiger partial charge is 0.355 e. The lowest BCUT2D eigenvalue weighted by Crippen LogP contribution is -2.36. The molecule has 0 aliphatic carbocycles. The van der Waals surface area contributed by atoms with Crippen molar-refractivity contribution in [3.8, 4) is 0 Å². The fourth-order valence-electron chi connectivity index (χ4n) is 1.68. The van der Waals surface area contributed by atoms with Gasteiger partial charge in [0.25, 0.3) is 0 Å². The number of aromatic nitrogens is 3. The second kappa shape index (κ2) is 7.01. The maximum absolute atomic E-state index is 11.8. The highest BCUT2D eigenvalue weighted by molar-refractivity contribution is 5.78. The van der Waals surface area contributed by atoms with Crippen molar-refractivity contribution >= 4 is 5.91 Å². The van der Waals surface area contributed by atoms with Crippen LogP contribution < -0.4 is 11.1 Å². The number of H-pyrrole nitrogens is 1. The van der Waals surface area contributed by atoms with E-state index in [1.807, 2.05) is 0 Å². The second-order valence-corrected chi connectivity index (χ2v) is 4.54. The van der Waals surface area contributed by atoms with Crippen molar-refractivity contribution in [1.29, 1.82) is 0 Å². The van der Waals surface area contributed by atoms with Gasteiger partial charge >= 0.3 is 0 Å². The first-order valence-electron chi connectivity index (χ1n) is 5.95. The van der Waals surface area contributed by atoms with Gasteiger partial charge in [0.1, 0.15) is 12.2 Å². The minimum atomic E-state index is -0.0928. The fraction of sp³-hybridized carbons (Fsp3) is 0.727. The molecule has 6 nitrogen and oxygen atoms in total. The van der Waals surface area contributed by atoms with Crippen molar-refractivity contribution in [3.05, 3.63) is 12.2 Å². The average molecular weight is 239 g/mol. The van der Waals surface area contributed by atoms with E-state index in [1.54, 1.807) is 0 Å². The average Bonchev–Trinajstić information content (AvgIpc) is 2.78. The summed E-state index contributed by atoms with van der Waals surface area (Å²) in [4.78, 5) is 15.8. The maximum Gasteiger partial charge on any atom is 0.224 e. The van der Waals surface area contributed by atoms with Crippen molar-refractivity contribution in [3.63, 3.8) is 0 Å². The molecular weight excluding hydrogens is 218 g/mol. The van der Waals surface area contributed by atoms with Gasteiger partial charge in [0.2, 0.25) is 5.91 Å². The Morgan fingerprint density at radius 3 is 2.88 bits per heavy atom. The van der Waals surface area contributed by atoms with E-state index in [0.29, 0.717) is 25.4 Å². The van der Waals surface area contributed by atoms with Crippen LogP contribution >= 0.6 is 0 Å². The normalized spacial score (nSPS) is 12.7. The standard InChI is InChI=1S/C11H21N5O/c1-8(2)5-9(6-12)11(17)13-4-3-10-14-7-15-16-10/h7-9H,3-6,12H2,1-2H3,(H,13,17)(H,14,15,16). The van der Waals surface area contributed by atoms with Crippen molar-refractivity contribution in [2.24, 2.45) is 17.6 Å². The number of rotatable bonds is 7. The summed E-state index contributed by atoms with van der Waals surface area (Å²) in [6, 6.07) is 0. The van der Waals surface area contributed by atoms with Crippen LogP contribution in [0.15, 0.2) is 6.33 Å². The second-order valence-electron chi connectivity index (χ2n) is 4.54. The van der Waals surface area contributed by atoms with E-state index >= 15 is 0 Å². The Hall–Kier alpha value is -1.43. The maximum atomic E-state index is 11.8. The van der Waals surface area contributed by atoms with Gasteiger partial charge < -0.3 is 11.1 Å². The predicted octanol–water partition coefficient (Wildman–Crippen LogP) is 0.0844. The van der Waals surface area contributed by atoms with Gasteiger partial charge in [-0.3, -0.25) is 9.89 Å². The van der Waals surface area contributed by atoms with Crippen molar-refractivity contribution in [2.75, 3.05) is 13.1 Å². The van der Waals surface area contributed by atoms with Crippen LogP contribution in [0.2, 0.25) is 0 Å². The highest BCUT2D eigenvalue weighted by Gasteiger charge is 2.17. The SMILES string of the molecule is CC(C)CC(CN)C(=O)NCCc1ncn[nH]1. The summed E-state index contributed by atoms with van der Waals surface area (Å²) in [6.07, 6.45) is 2.94. The van der Waals surface area contributed by atoms with Gasteiger partial charge in [0, 0.05) is 19.5 Å². The molecule has 17 heavy (non-hydrogen) atoms. The number of carbonyl (C=O) groups excluding carboxylic acids is 1. The topological polar surface area (TPSA) is 96.7 Å². The molecule has 1 aromatic rings. The third-order valence-corrected chi connectivity index (χ3v) is 2.54. The van der Waals surface area contributed by atoms with E-state index < -0.39 is 0 Å². The molecule has 0 aromatic carbocycles. The number of carbonyl (C=O) groups is 1. The summed E-state index contributed by atoms with van der Waals surface area (Å²) in [7, 11) is 0. The van der Waals surface area contributed by atoms with E-state index in [2.05, 4.69) is 34.3 Å². The third-order valence-electron chi connectivity index (χ3n) is 2.54. The highest BCUT2D eigenvalue weighted by atomic mass is 16.1. The van der Waals surface area contributed by atoms with Gasteiger partial charge in [-0.1, -0.05) is 13.8 Å². The summed E-state index contributed by atoms with van der Waals surface area (Å²) in [5.74, 6) is 1.19. The van der Waals surface area contributed by atoms with Gasteiger partial charge in [-0.2, -0.15) is 5.10 Å². The smallest absolute Gasteiger partial charge is 0.224 e. The Morgan fingerprint density at radius 1 is 1.59 bits per heavy atom. The van der Waals surface area contributed by atoms with Crippen molar-refractivity contribution in [2.45, 2.75) is 26.7 Å². The van der Waals surface area contributed by atoms with Crippen LogP contribution in [-0.2, 0) is 11.2 Å². The molecule has 4 N–H and O–H groups in total. The molecule has 0 saturated carbocycles. The van der Waals surface area contributed by atoms with Crippen LogP contribution in [-0.4, -0.2) is 34.2 Å². The third kappa shape index (κ3) is 4.95. The van der Waals surface area contributed by atoms with Gasteiger partial charge in [0.15, 0.2) is 0 Å². The van der Waals surface area contributed by atoms with E-state index in [0.717, 1.165) is 12.2 Å². The minimum absolute atomic E-state index is 0.0284. The Balaban J connectivity index is 2.27. The Bertz CT molecular complexity index is 323. The number of amides is 1. The van der Waals surface area contributed by atoms with E-state index in [-0.39, 0.29) is 11.8 Å². The van der Waals surface area contributed by atoms with Gasteiger partial charge in [0.05, 0.1) is 5.92 Å². The monoisotopic (exact) mass is 239 g/mol. The van der Waals surface area contributed by atoms with Crippen LogP contribution in [0.1, 0.15) is 26.1 Å². The summed E-state index contributed by atoms with van der Waals surface area (Å²) in [5.41, 5.74) is 5.60. The molecule has 1 aromatic heterocycles. The first-order valence-corrected chi connectivity index (χ1v) is 5.95. The molecule has 0 spiro atoms. The lowest BCUT2D eigenvalue weighted by Gasteiger charge is -2.16. The molecule has 0 saturated heterocycles. The quantitative estimate of drug-likeness (QED) is 0.628. The van der Waals surface area contributed by atoms with Gasteiger partial charge in [-0.05, 0) is 12.3 Å². The van der Waals surface area contributed by atoms with Crippen LogP contribution in [0.5, 0.6) is 0 Å². The molecule has 0 aliphatic rings. The Morgan fingerprint density at radius 2 is 2.35 bits per heavy atom. The highest BCUT2D eigenvalue weighted by Crippen LogP contribution is 2.10.